The Kier molecular flexibility index (Phi) is 8.29. The standard InChI is InChI=1S/C21H38N6OS/c1-17-25-19(15-29-17)14-26-7-5-18(6-8-26)13-23-20(22-4)24-16-21(2,3)27-9-11-28-12-10-27/h15,18H,5-14,16H2,1-4H3,(H2,22,23,24). The maximum absolute atomic E-state index is 5.48. The summed E-state index contributed by atoms with van der Waals surface area (Å²) in [4.78, 5) is 14.1. The van der Waals surface area contributed by atoms with Crippen LogP contribution >= 0.6 is 11.3 Å². The van der Waals surface area contributed by atoms with Crippen LogP contribution in [0.4, 0.5) is 0 Å². The van der Waals surface area contributed by atoms with E-state index in [0.29, 0.717) is 5.92 Å². The van der Waals surface area contributed by atoms with E-state index >= 15 is 0 Å². The number of nitrogens with one attached hydrogen (secondary N) is 2. The molecule has 1 aromatic heterocycles. The summed E-state index contributed by atoms with van der Waals surface area (Å²) >= 11 is 1.75. The van der Waals surface area contributed by atoms with Gasteiger partial charge in [0.25, 0.3) is 0 Å². The number of thiazole rings is 1. The smallest absolute Gasteiger partial charge is 0.191 e. The maximum atomic E-state index is 5.48. The summed E-state index contributed by atoms with van der Waals surface area (Å²) in [6.45, 7) is 15.5. The summed E-state index contributed by atoms with van der Waals surface area (Å²) in [5.74, 6) is 1.61. The predicted molar refractivity (Wildman–Crippen MR) is 121 cm³/mol. The van der Waals surface area contributed by atoms with Gasteiger partial charge in [-0.15, -0.1) is 11.3 Å². The predicted octanol–water partition coefficient (Wildman–Crippen LogP) is 1.94. The van der Waals surface area contributed by atoms with Crippen molar-refractivity contribution in [3.05, 3.63) is 16.1 Å². The fourth-order valence-corrected chi connectivity index (χ4v) is 4.70. The van der Waals surface area contributed by atoms with Crippen LogP contribution in [-0.2, 0) is 11.3 Å². The Labute approximate surface area is 179 Å². The minimum Gasteiger partial charge on any atom is -0.379 e. The Bertz CT molecular complexity index is 647. The number of aromatic nitrogens is 1. The molecule has 29 heavy (non-hydrogen) atoms. The summed E-state index contributed by atoms with van der Waals surface area (Å²) in [5, 5.41) is 10.4. The molecular formula is C21H38N6OS. The van der Waals surface area contributed by atoms with Gasteiger partial charge in [-0.25, -0.2) is 4.98 Å². The van der Waals surface area contributed by atoms with E-state index in [2.05, 4.69) is 56.6 Å². The van der Waals surface area contributed by atoms with Gasteiger partial charge in [-0.1, -0.05) is 0 Å². The van der Waals surface area contributed by atoms with E-state index in [1.165, 1.54) is 18.5 Å². The van der Waals surface area contributed by atoms with Crippen LogP contribution in [0, 0.1) is 12.8 Å². The molecule has 2 aliphatic heterocycles. The number of piperidine rings is 1. The van der Waals surface area contributed by atoms with Crippen LogP contribution in [0.15, 0.2) is 10.4 Å². The van der Waals surface area contributed by atoms with Crippen LogP contribution in [0.5, 0.6) is 0 Å². The zero-order valence-corrected chi connectivity index (χ0v) is 19.4. The van der Waals surface area contributed by atoms with Crippen molar-refractivity contribution < 1.29 is 4.74 Å². The summed E-state index contributed by atoms with van der Waals surface area (Å²) in [6, 6.07) is 0. The quantitative estimate of drug-likeness (QED) is 0.517. The van der Waals surface area contributed by atoms with E-state index in [9.17, 15) is 0 Å². The van der Waals surface area contributed by atoms with Gasteiger partial charge < -0.3 is 15.4 Å². The molecule has 2 saturated heterocycles. The SMILES string of the molecule is CN=C(NCC1CCN(Cc2csc(C)n2)CC1)NCC(C)(C)N1CCOCC1. The van der Waals surface area contributed by atoms with E-state index in [1.807, 2.05) is 7.05 Å². The molecule has 3 heterocycles. The van der Waals surface area contributed by atoms with Crippen LogP contribution in [-0.4, -0.2) is 85.8 Å². The molecule has 8 heteroatoms. The molecule has 7 nitrogen and oxygen atoms in total. The van der Waals surface area contributed by atoms with E-state index in [0.717, 1.165) is 70.0 Å². The van der Waals surface area contributed by atoms with Crippen molar-refractivity contribution in [2.24, 2.45) is 10.9 Å². The lowest BCUT2D eigenvalue weighted by atomic mass is 9.97. The van der Waals surface area contributed by atoms with Gasteiger partial charge in [0.2, 0.25) is 0 Å². The molecule has 2 fully saturated rings. The van der Waals surface area contributed by atoms with Gasteiger partial charge in [-0.2, -0.15) is 0 Å². The van der Waals surface area contributed by atoms with Crippen molar-refractivity contribution in [1.82, 2.24) is 25.4 Å². The molecule has 0 amide bonds. The summed E-state index contributed by atoms with van der Waals surface area (Å²) in [5.41, 5.74) is 1.30. The van der Waals surface area contributed by atoms with Crippen molar-refractivity contribution in [1.29, 1.82) is 0 Å². The topological polar surface area (TPSA) is 65.0 Å². The number of hydrogen-bond donors (Lipinski definition) is 2. The number of aryl methyl sites for hydroxylation is 1. The van der Waals surface area contributed by atoms with Crippen molar-refractivity contribution in [3.8, 4) is 0 Å². The van der Waals surface area contributed by atoms with E-state index in [4.69, 9.17) is 4.74 Å². The lowest BCUT2D eigenvalue weighted by molar-refractivity contribution is -0.00834. The van der Waals surface area contributed by atoms with Crippen LogP contribution < -0.4 is 10.6 Å². The highest BCUT2D eigenvalue weighted by molar-refractivity contribution is 7.09. The second-order valence-electron chi connectivity index (χ2n) is 8.80. The maximum Gasteiger partial charge on any atom is 0.191 e. The number of aliphatic imine (C=N–C) groups is 1. The van der Waals surface area contributed by atoms with Crippen LogP contribution in [0.3, 0.4) is 0 Å². The summed E-state index contributed by atoms with van der Waals surface area (Å²) < 4.78 is 5.48. The second kappa shape index (κ2) is 10.7. The van der Waals surface area contributed by atoms with Gasteiger partial charge in [0.05, 0.1) is 23.9 Å². The third kappa shape index (κ3) is 6.91. The molecule has 0 spiro atoms. The molecule has 0 aromatic carbocycles. The van der Waals surface area contributed by atoms with Crippen molar-refractivity contribution >= 4 is 17.3 Å². The summed E-state index contributed by atoms with van der Waals surface area (Å²) in [7, 11) is 1.86. The highest BCUT2D eigenvalue weighted by atomic mass is 32.1. The molecule has 0 unspecified atom stereocenters. The minimum atomic E-state index is 0.0841. The van der Waals surface area contributed by atoms with Gasteiger partial charge >= 0.3 is 0 Å². The molecule has 0 aliphatic carbocycles. The van der Waals surface area contributed by atoms with Crippen molar-refractivity contribution in [3.63, 3.8) is 0 Å². The molecule has 2 N–H and O–H groups in total. The van der Waals surface area contributed by atoms with Crippen LogP contribution in [0.2, 0.25) is 0 Å². The van der Waals surface area contributed by atoms with E-state index < -0.39 is 0 Å². The lowest BCUT2D eigenvalue weighted by Crippen LogP contribution is -2.56. The van der Waals surface area contributed by atoms with Crippen molar-refractivity contribution in [2.75, 3.05) is 59.5 Å². The lowest BCUT2D eigenvalue weighted by Gasteiger charge is -2.41. The van der Waals surface area contributed by atoms with Gasteiger partial charge in [0.1, 0.15) is 0 Å². The molecule has 164 valence electrons. The second-order valence-corrected chi connectivity index (χ2v) is 9.86. The zero-order valence-electron chi connectivity index (χ0n) is 18.5. The number of likely N-dealkylation sites (tertiary alicyclic amines) is 1. The molecule has 0 radical (unpaired) electrons. The summed E-state index contributed by atoms with van der Waals surface area (Å²) in [6.07, 6.45) is 2.46. The highest BCUT2D eigenvalue weighted by Crippen LogP contribution is 2.19. The molecule has 0 bridgehead atoms. The first-order valence-corrected chi connectivity index (χ1v) is 11.7. The van der Waals surface area contributed by atoms with Crippen molar-refractivity contribution in [2.45, 2.75) is 45.7 Å². The van der Waals surface area contributed by atoms with E-state index in [-0.39, 0.29) is 5.54 Å². The molecule has 3 rings (SSSR count). The number of guanidine groups is 1. The van der Waals surface area contributed by atoms with Gasteiger partial charge in [0, 0.05) is 50.7 Å². The van der Waals surface area contributed by atoms with Gasteiger partial charge in [-0.05, 0) is 52.6 Å². The first-order chi connectivity index (χ1) is 14.0. The Balaban J connectivity index is 1.35. The molecular weight excluding hydrogens is 384 g/mol. The highest BCUT2D eigenvalue weighted by Gasteiger charge is 2.28. The minimum absolute atomic E-state index is 0.0841. The molecule has 0 atom stereocenters. The van der Waals surface area contributed by atoms with E-state index in [1.54, 1.807) is 11.3 Å². The fourth-order valence-electron chi connectivity index (χ4n) is 4.10. The number of rotatable bonds is 7. The largest absolute Gasteiger partial charge is 0.379 e. The number of hydrogen-bond acceptors (Lipinski definition) is 6. The number of ether oxygens (including phenoxy) is 1. The number of morpholine rings is 1. The Morgan fingerprint density at radius 1 is 1.24 bits per heavy atom. The number of nitrogens with zero attached hydrogens (tertiary/aromatic N) is 4. The van der Waals surface area contributed by atoms with Gasteiger partial charge in [0.15, 0.2) is 5.96 Å². The molecule has 2 aliphatic rings. The third-order valence-corrected chi connectivity index (χ3v) is 6.92. The molecule has 1 aromatic rings. The Morgan fingerprint density at radius 3 is 2.59 bits per heavy atom. The fraction of sp³-hybridized carbons (Fsp3) is 0.810. The third-order valence-electron chi connectivity index (χ3n) is 6.10. The normalized spacial score (nSPS) is 20.8. The average molecular weight is 423 g/mol. The monoisotopic (exact) mass is 422 g/mol. The van der Waals surface area contributed by atoms with Crippen LogP contribution in [0.1, 0.15) is 37.4 Å². The Hall–Kier alpha value is -1.22. The first-order valence-electron chi connectivity index (χ1n) is 10.9. The van der Waals surface area contributed by atoms with Crippen LogP contribution in [0.25, 0.3) is 0 Å². The Morgan fingerprint density at radius 2 is 1.97 bits per heavy atom. The zero-order chi connectivity index (χ0) is 20.7. The average Bonchev–Trinajstić information content (AvgIpc) is 3.14. The molecule has 0 saturated carbocycles. The first kappa shape index (κ1) is 22.5. The van der Waals surface area contributed by atoms with Gasteiger partial charge in [-0.3, -0.25) is 14.8 Å².